The standard InChI is InChI=1S/C31H27N3/c1-24-16-20-28(21-17-24)33(26-10-4-2-5-11-26)30-14-8-9-15-31(30)34(27-12-6-3-7-13-27)29-22-18-25(32)19-23-29/h2-23H,32H2,1H3. The number of para-hydroxylation sites is 4. The first-order valence-corrected chi connectivity index (χ1v) is 11.4. The van der Waals surface area contributed by atoms with E-state index in [1.807, 2.05) is 24.3 Å². The van der Waals surface area contributed by atoms with Crippen LogP contribution in [0.5, 0.6) is 0 Å². The SMILES string of the molecule is Cc1ccc(N(c2ccccc2)c2ccccc2N(c2ccccc2)c2ccc(N)cc2)cc1. The number of hydrogen-bond acceptors (Lipinski definition) is 3. The molecule has 166 valence electrons. The molecule has 0 bridgehead atoms. The van der Waals surface area contributed by atoms with Gasteiger partial charge in [-0.2, -0.15) is 0 Å². The van der Waals surface area contributed by atoms with Gasteiger partial charge in [-0.3, -0.25) is 0 Å². The van der Waals surface area contributed by atoms with Gasteiger partial charge in [0.1, 0.15) is 0 Å². The Labute approximate surface area is 201 Å². The van der Waals surface area contributed by atoms with E-state index in [4.69, 9.17) is 5.73 Å². The van der Waals surface area contributed by atoms with Crippen LogP contribution in [0.25, 0.3) is 0 Å². The fourth-order valence-corrected chi connectivity index (χ4v) is 4.17. The largest absolute Gasteiger partial charge is 0.399 e. The molecular formula is C31H27N3. The highest BCUT2D eigenvalue weighted by molar-refractivity contribution is 5.91. The van der Waals surface area contributed by atoms with Crippen LogP contribution >= 0.6 is 0 Å². The third kappa shape index (κ3) is 4.37. The third-order valence-electron chi connectivity index (χ3n) is 5.84. The maximum absolute atomic E-state index is 6.02. The van der Waals surface area contributed by atoms with Gasteiger partial charge in [-0.1, -0.05) is 66.2 Å². The number of benzene rings is 5. The monoisotopic (exact) mass is 441 g/mol. The molecule has 0 fully saturated rings. The van der Waals surface area contributed by atoms with E-state index in [9.17, 15) is 0 Å². The van der Waals surface area contributed by atoms with E-state index in [0.717, 1.165) is 39.8 Å². The van der Waals surface area contributed by atoms with Crippen LogP contribution in [-0.2, 0) is 0 Å². The number of anilines is 7. The summed E-state index contributed by atoms with van der Waals surface area (Å²) in [5.74, 6) is 0. The van der Waals surface area contributed by atoms with Crippen molar-refractivity contribution in [2.45, 2.75) is 6.92 Å². The van der Waals surface area contributed by atoms with E-state index in [2.05, 4.69) is 126 Å². The van der Waals surface area contributed by atoms with Gasteiger partial charge in [-0.05, 0) is 79.7 Å². The van der Waals surface area contributed by atoms with Crippen molar-refractivity contribution >= 4 is 39.8 Å². The third-order valence-corrected chi connectivity index (χ3v) is 5.84. The Bertz CT molecular complexity index is 1240. The minimum atomic E-state index is 0.746. The van der Waals surface area contributed by atoms with E-state index in [-0.39, 0.29) is 0 Å². The van der Waals surface area contributed by atoms with Crippen molar-refractivity contribution in [3.05, 3.63) is 139 Å². The summed E-state index contributed by atoms with van der Waals surface area (Å²) < 4.78 is 0. The summed E-state index contributed by atoms with van der Waals surface area (Å²) in [6.45, 7) is 2.11. The zero-order valence-corrected chi connectivity index (χ0v) is 19.2. The lowest BCUT2D eigenvalue weighted by molar-refractivity contribution is 1.22. The van der Waals surface area contributed by atoms with Gasteiger partial charge >= 0.3 is 0 Å². The van der Waals surface area contributed by atoms with E-state index in [0.29, 0.717) is 0 Å². The molecule has 0 aliphatic heterocycles. The first-order valence-electron chi connectivity index (χ1n) is 11.4. The van der Waals surface area contributed by atoms with Crippen molar-refractivity contribution in [3.63, 3.8) is 0 Å². The Balaban J connectivity index is 1.74. The molecule has 0 heterocycles. The smallest absolute Gasteiger partial charge is 0.0702 e. The van der Waals surface area contributed by atoms with Crippen LogP contribution in [0, 0.1) is 6.92 Å². The molecule has 0 aromatic heterocycles. The van der Waals surface area contributed by atoms with Gasteiger partial charge in [0, 0.05) is 28.4 Å². The van der Waals surface area contributed by atoms with E-state index >= 15 is 0 Å². The second kappa shape index (κ2) is 9.55. The van der Waals surface area contributed by atoms with Gasteiger partial charge in [0.25, 0.3) is 0 Å². The molecule has 3 nitrogen and oxygen atoms in total. The number of aryl methyl sites for hydroxylation is 1. The zero-order chi connectivity index (χ0) is 23.3. The quantitative estimate of drug-likeness (QED) is 0.268. The van der Waals surface area contributed by atoms with Crippen molar-refractivity contribution < 1.29 is 0 Å². The maximum Gasteiger partial charge on any atom is 0.0702 e. The highest BCUT2D eigenvalue weighted by Gasteiger charge is 2.21. The predicted octanol–water partition coefficient (Wildman–Crippen LogP) is 8.52. The molecule has 0 amide bonds. The molecular weight excluding hydrogens is 414 g/mol. The summed E-state index contributed by atoms with van der Waals surface area (Å²) in [5.41, 5.74) is 14.5. The Morgan fingerprint density at radius 2 is 0.765 bits per heavy atom. The average molecular weight is 442 g/mol. The van der Waals surface area contributed by atoms with E-state index in [1.165, 1.54) is 5.56 Å². The van der Waals surface area contributed by atoms with Crippen molar-refractivity contribution in [1.82, 2.24) is 0 Å². The van der Waals surface area contributed by atoms with Gasteiger partial charge in [0.2, 0.25) is 0 Å². The summed E-state index contributed by atoms with van der Waals surface area (Å²) in [7, 11) is 0. The Morgan fingerprint density at radius 3 is 1.21 bits per heavy atom. The number of nitrogens with zero attached hydrogens (tertiary/aromatic N) is 2. The summed E-state index contributed by atoms with van der Waals surface area (Å²) in [6, 6.07) is 46.1. The van der Waals surface area contributed by atoms with Crippen LogP contribution in [0.3, 0.4) is 0 Å². The Morgan fingerprint density at radius 1 is 0.412 bits per heavy atom. The number of nitrogen functional groups attached to an aromatic ring is 1. The molecule has 5 aromatic rings. The molecule has 0 radical (unpaired) electrons. The minimum absolute atomic E-state index is 0.746. The fraction of sp³-hybridized carbons (Fsp3) is 0.0323. The average Bonchev–Trinajstić information content (AvgIpc) is 2.89. The molecule has 5 aromatic carbocycles. The lowest BCUT2D eigenvalue weighted by Crippen LogP contribution is -2.16. The van der Waals surface area contributed by atoms with Crippen LogP contribution in [0.15, 0.2) is 133 Å². The lowest BCUT2D eigenvalue weighted by Gasteiger charge is -2.33. The second-order valence-electron chi connectivity index (χ2n) is 8.26. The van der Waals surface area contributed by atoms with Gasteiger partial charge in [-0.25, -0.2) is 0 Å². The molecule has 0 unspecified atom stereocenters. The molecule has 2 N–H and O–H groups in total. The predicted molar refractivity (Wildman–Crippen MR) is 145 cm³/mol. The highest BCUT2D eigenvalue weighted by Crippen LogP contribution is 2.45. The first-order chi connectivity index (χ1) is 16.7. The molecule has 0 atom stereocenters. The Hall–Kier alpha value is -4.50. The number of rotatable bonds is 6. The van der Waals surface area contributed by atoms with Crippen LogP contribution < -0.4 is 15.5 Å². The molecule has 0 spiro atoms. The summed E-state index contributed by atoms with van der Waals surface area (Å²) in [6.07, 6.45) is 0. The van der Waals surface area contributed by atoms with Crippen molar-refractivity contribution in [2.75, 3.05) is 15.5 Å². The van der Waals surface area contributed by atoms with Crippen molar-refractivity contribution in [3.8, 4) is 0 Å². The van der Waals surface area contributed by atoms with Crippen LogP contribution in [-0.4, -0.2) is 0 Å². The topological polar surface area (TPSA) is 32.5 Å². The normalized spacial score (nSPS) is 10.6. The van der Waals surface area contributed by atoms with Gasteiger partial charge in [0.05, 0.1) is 11.4 Å². The van der Waals surface area contributed by atoms with Gasteiger partial charge < -0.3 is 15.5 Å². The Kier molecular flexibility index (Phi) is 6.00. The maximum atomic E-state index is 6.02. The number of hydrogen-bond donors (Lipinski definition) is 1. The van der Waals surface area contributed by atoms with Crippen molar-refractivity contribution in [2.24, 2.45) is 0 Å². The van der Waals surface area contributed by atoms with Crippen molar-refractivity contribution in [1.29, 1.82) is 0 Å². The summed E-state index contributed by atoms with van der Waals surface area (Å²) >= 11 is 0. The second-order valence-corrected chi connectivity index (χ2v) is 8.26. The minimum Gasteiger partial charge on any atom is -0.399 e. The summed E-state index contributed by atoms with van der Waals surface area (Å²) in [5, 5.41) is 0. The first kappa shape index (κ1) is 21.4. The van der Waals surface area contributed by atoms with E-state index in [1.54, 1.807) is 0 Å². The highest BCUT2D eigenvalue weighted by atomic mass is 15.2. The van der Waals surface area contributed by atoms with E-state index < -0.39 is 0 Å². The van der Waals surface area contributed by atoms with Gasteiger partial charge in [-0.15, -0.1) is 0 Å². The van der Waals surface area contributed by atoms with Crippen LogP contribution in [0.2, 0.25) is 0 Å². The molecule has 0 saturated carbocycles. The molecule has 0 saturated heterocycles. The van der Waals surface area contributed by atoms with Gasteiger partial charge in [0.15, 0.2) is 0 Å². The lowest BCUT2D eigenvalue weighted by atomic mass is 10.1. The zero-order valence-electron chi connectivity index (χ0n) is 19.2. The fourth-order valence-electron chi connectivity index (χ4n) is 4.17. The molecule has 0 aliphatic rings. The molecule has 0 aliphatic carbocycles. The summed E-state index contributed by atoms with van der Waals surface area (Å²) in [4.78, 5) is 4.58. The number of nitrogens with two attached hydrogens (primary N) is 1. The molecule has 3 heteroatoms. The van der Waals surface area contributed by atoms with Crippen LogP contribution in [0.4, 0.5) is 39.8 Å². The molecule has 34 heavy (non-hydrogen) atoms. The van der Waals surface area contributed by atoms with Crippen LogP contribution in [0.1, 0.15) is 5.56 Å². The molecule has 5 rings (SSSR count).